The van der Waals surface area contributed by atoms with Gasteiger partial charge in [0, 0.05) is 25.3 Å². The topological polar surface area (TPSA) is 105 Å². The zero-order chi connectivity index (χ0) is 31.0. The van der Waals surface area contributed by atoms with Crippen LogP contribution in [-0.4, -0.2) is 81.2 Å². The molecule has 3 aromatic rings. The summed E-state index contributed by atoms with van der Waals surface area (Å²) >= 11 is 0. The van der Waals surface area contributed by atoms with Crippen molar-refractivity contribution in [1.29, 1.82) is 0 Å². The highest BCUT2D eigenvalue weighted by Gasteiger charge is 2.51. The van der Waals surface area contributed by atoms with Crippen LogP contribution < -0.4 is 20.7 Å². The first-order chi connectivity index (χ1) is 20.9. The molecule has 4 fully saturated rings. The van der Waals surface area contributed by atoms with Gasteiger partial charge in [-0.3, -0.25) is 9.88 Å². The maximum Gasteiger partial charge on any atom is 0.418 e. The molecule has 0 saturated carbocycles. The summed E-state index contributed by atoms with van der Waals surface area (Å²) < 4.78 is 93.5. The Kier molecular flexibility index (Phi) is 6.84. The fourth-order valence-electron chi connectivity index (χ4n) is 7.70. The summed E-state index contributed by atoms with van der Waals surface area (Å²) in [5, 5.41) is 3.11. The number of alkyl halides is 5. The number of aryl methyl sites for hydroxylation is 1. The SMILES string of the molecule is Cc1cc(N)nc(-c2ncc3c(N4CC5CCC(C(F)F)(C4)N5)nc(OCC45CCCN4CCC5)nc3c2F)c1C(F)(F)F. The second-order valence-electron chi connectivity index (χ2n) is 12.5. The van der Waals surface area contributed by atoms with Gasteiger partial charge in [-0.05, 0) is 70.2 Å². The Morgan fingerprint density at radius 2 is 1.86 bits per heavy atom. The number of piperazine rings is 1. The first-order valence-corrected chi connectivity index (χ1v) is 14.8. The molecule has 7 rings (SSSR count). The lowest BCUT2D eigenvalue weighted by Gasteiger charge is -2.41. The zero-order valence-corrected chi connectivity index (χ0v) is 24.0. The van der Waals surface area contributed by atoms with Gasteiger partial charge < -0.3 is 20.7 Å². The Labute approximate surface area is 249 Å². The number of nitrogens with two attached hydrogens (primary N) is 1. The van der Waals surface area contributed by atoms with Crippen LogP contribution in [0.25, 0.3) is 22.3 Å². The number of aromatic nitrogens is 4. The zero-order valence-electron chi connectivity index (χ0n) is 24.0. The summed E-state index contributed by atoms with van der Waals surface area (Å²) in [4.78, 5) is 20.8. The first kappa shape index (κ1) is 29.3. The van der Waals surface area contributed by atoms with Crippen molar-refractivity contribution in [3.05, 3.63) is 29.2 Å². The van der Waals surface area contributed by atoms with Crippen LogP contribution in [0, 0.1) is 12.7 Å². The van der Waals surface area contributed by atoms with Crippen LogP contribution in [0.5, 0.6) is 6.01 Å². The number of anilines is 2. The quantitative estimate of drug-likeness (QED) is 0.378. The molecule has 2 unspecified atom stereocenters. The molecule has 15 heteroatoms. The van der Waals surface area contributed by atoms with E-state index in [1.807, 2.05) is 0 Å². The predicted molar refractivity (Wildman–Crippen MR) is 150 cm³/mol. The Morgan fingerprint density at radius 3 is 2.57 bits per heavy atom. The molecule has 0 amide bonds. The van der Waals surface area contributed by atoms with Crippen LogP contribution in [0.3, 0.4) is 0 Å². The van der Waals surface area contributed by atoms with Gasteiger partial charge >= 0.3 is 12.2 Å². The van der Waals surface area contributed by atoms with Crippen molar-refractivity contribution < 1.29 is 31.1 Å². The van der Waals surface area contributed by atoms with Gasteiger partial charge in [0.1, 0.15) is 35.1 Å². The number of halogens is 6. The van der Waals surface area contributed by atoms with Crippen molar-refractivity contribution in [3.8, 4) is 17.4 Å². The molecule has 3 aromatic heterocycles. The van der Waals surface area contributed by atoms with Crippen molar-refractivity contribution in [2.24, 2.45) is 0 Å². The summed E-state index contributed by atoms with van der Waals surface area (Å²) in [6.45, 7) is 3.56. The van der Waals surface area contributed by atoms with Crippen LogP contribution in [0.1, 0.15) is 49.7 Å². The third-order valence-electron chi connectivity index (χ3n) is 9.73. The predicted octanol–water partition coefficient (Wildman–Crippen LogP) is 4.72. The number of nitrogens with one attached hydrogen (secondary N) is 1. The van der Waals surface area contributed by atoms with Crippen molar-refractivity contribution >= 4 is 22.5 Å². The molecular formula is C29H32F6N8O. The van der Waals surface area contributed by atoms with E-state index in [1.54, 1.807) is 4.90 Å². The maximum absolute atomic E-state index is 16.4. The van der Waals surface area contributed by atoms with Gasteiger partial charge in [-0.15, -0.1) is 0 Å². The smallest absolute Gasteiger partial charge is 0.418 e. The molecule has 0 aliphatic carbocycles. The van der Waals surface area contributed by atoms with Crippen LogP contribution >= 0.6 is 0 Å². The van der Waals surface area contributed by atoms with Crippen molar-refractivity contribution in [2.45, 2.75) is 75.2 Å². The molecule has 236 valence electrons. The van der Waals surface area contributed by atoms with Crippen LogP contribution in [-0.2, 0) is 6.18 Å². The molecule has 4 aliphatic heterocycles. The molecule has 0 radical (unpaired) electrons. The lowest BCUT2D eigenvalue weighted by atomic mass is 9.95. The van der Waals surface area contributed by atoms with Gasteiger partial charge in [-0.25, -0.2) is 18.2 Å². The van der Waals surface area contributed by atoms with E-state index in [1.165, 1.54) is 13.1 Å². The summed E-state index contributed by atoms with van der Waals surface area (Å²) in [6, 6.07) is 0.632. The molecule has 7 heterocycles. The monoisotopic (exact) mass is 622 g/mol. The minimum atomic E-state index is -4.87. The molecule has 4 saturated heterocycles. The third-order valence-corrected chi connectivity index (χ3v) is 9.73. The Morgan fingerprint density at radius 1 is 1.11 bits per heavy atom. The Balaban J connectivity index is 1.36. The van der Waals surface area contributed by atoms with Crippen LogP contribution in [0.4, 0.5) is 38.0 Å². The van der Waals surface area contributed by atoms with Gasteiger partial charge in [0.15, 0.2) is 5.82 Å². The average molecular weight is 623 g/mol. The average Bonchev–Trinajstić information content (AvgIpc) is 3.63. The van der Waals surface area contributed by atoms with Gasteiger partial charge in [-0.2, -0.15) is 23.1 Å². The van der Waals surface area contributed by atoms with Gasteiger partial charge in [0.05, 0.1) is 22.0 Å². The van der Waals surface area contributed by atoms with E-state index in [0.717, 1.165) is 44.8 Å². The second kappa shape index (κ2) is 10.3. The number of hydrogen-bond donors (Lipinski definition) is 2. The standard InChI is InChI=1S/C29H32F6N8O/c1-15-10-18(36)38-22(19(15)29(33,34)35)23-20(30)21-17(11-37-23)24(42-12-16-4-7-28(13-42,41-16)25(31)32)40-26(39-21)44-14-27-5-2-8-43(27)9-3-6-27/h10-11,16,25,41H,2-9,12-14H2,1H3,(H2,36,38). The highest BCUT2D eigenvalue weighted by molar-refractivity contribution is 5.92. The fraction of sp³-hybridized carbons (Fsp3) is 0.586. The number of fused-ring (bicyclic) bond motifs is 4. The summed E-state index contributed by atoms with van der Waals surface area (Å²) in [5.41, 5.74) is 0.925. The molecule has 3 N–H and O–H groups in total. The van der Waals surface area contributed by atoms with Crippen molar-refractivity contribution in [3.63, 3.8) is 0 Å². The lowest BCUT2D eigenvalue weighted by molar-refractivity contribution is -0.137. The number of nitrogen functional groups attached to an aromatic ring is 1. The minimum absolute atomic E-state index is 0.0695. The largest absolute Gasteiger partial charge is 0.461 e. The molecular weight excluding hydrogens is 590 g/mol. The molecule has 0 spiro atoms. The molecule has 2 bridgehead atoms. The second-order valence-corrected chi connectivity index (χ2v) is 12.5. The molecule has 44 heavy (non-hydrogen) atoms. The molecule has 9 nitrogen and oxygen atoms in total. The van der Waals surface area contributed by atoms with Crippen molar-refractivity contribution in [1.82, 2.24) is 30.2 Å². The third kappa shape index (κ3) is 4.70. The van der Waals surface area contributed by atoms with E-state index in [0.29, 0.717) is 13.0 Å². The van der Waals surface area contributed by atoms with E-state index in [9.17, 15) is 22.0 Å². The van der Waals surface area contributed by atoms with Crippen LogP contribution in [0.15, 0.2) is 12.3 Å². The highest BCUT2D eigenvalue weighted by atomic mass is 19.4. The number of hydrogen-bond acceptors (Lipinski definition) is 9. The minimum Gasteiger partial charge on any atom is -0.461 e. The highest BCUT2D eigenvalue weighted by Crippen LogP contribution is 2.43. The van der Waals surface area contributed by atoms with E-state index >= 15 is 4.39 Å². The van der Waals surface area contributed by atoms with E-state index in [2.05, 4.69) is 30.2 Å². The summed E-state index contributed by atoms with van der Waals surface area (Å²) in [6.07, 6.45) is -1.69. The lowest BCUT2D eigenvalue weighted by Crippen LogP contribution is -2.63. The molecule has 2 atom stereocenters. The summed E-state index contributed by atoms with van der Waals surface area (Å²) in [5.74, 6) is -1.26. The number of ether oxygens (including phenoxy) is 1. The molecule has 0 aromatic carbocycles. The van der Waals surface area contributed by atoms with E-state index < -0.39 is 40.9 Å². The number of rotatable bonds is 6. The Bertz CT molecular complexity index is 1610. The fourth-order valence-corrected chi connectivity index (χ4v) is 7.70. The van der Waals surface area contributed by atoms with E-state index in [-0.39, 0.29) is 65.3 Å². The summed E-state index contributed by atoms with van der Waals surface area (Å²) in [7, 11) is 0. The normalized spacial score (nSPS) is 24.9. The number of pyridine rings is 2. The first-order valence-electron chi connectivity index (χ1n) is 14.8. The van der Waals surface area contributed by atoms with E-state index in [4.69, 9.17) is 10.5 Å². The van der Waals surface area contributed by atoms with Gasteiger partial charge in [0.2, 0.25) is 0 Å². The molecule has 4 aliphatic rings. The van der Waals surface area contributed by atoms with Crippen LogP contribution in [0.2, 0.25) is 0 Å². The van der Waals surface area contributed by atoms with Gasteiger partial charge in [-0.1, -0.05) is 0 Å². The van der Waals surface area contributed by atoms with Gasteiger partial charge in [0.25, 0.3) is 6.43 Å². The van der Waals surface area contributed by atoms with Crippen molar-refractivity contribution in [2.75, 3.05) is 43.4 Å². The maximum atomic E-state index is 16.4. The Hall–Kier alpha value is -3.46. The number of nitrogens with zero attached hydrogens (tertiary/aromatic N) is 6.